The Bertz CT molecular complexity index is 1760. The minimum absolute atomic E-state index is 0.0236. The maximum absolute atomic E-state index is 14.5. The number of rotatable bonds is 5. The van der Waals surface area contributed by atoms with Crippen LogP contribution in [0.2, 0.25) is 0 Å². The van der Waals surface area contributed by atoms with Crippen LogP contribution in [0.15, 0.2) is 102 Å². The first-order valence-corrected chi connectivity index (χ1v) is 12.8. The molecule has 4 atom stereocenters. The molecule has 1 spiro atoms. The zero-order valence-corrected chi connectivity index (χ0v) is 20.9. The summed E-state index contributed by atoms with van der Waals surface area (Å²) < 4.78 is 5.52. The van der Waals surface area contributed by atoms with Crippen molar-refractivity contribution >= 4 is 40.6 Å². The summed E-state index contributed by atoms with van der Waals surface area (Å²) in [6.45, 7) is 0. The van der Waals surface area contributed by atoms with Gasteiger partial charge < -0.3 is 14.6 Å². The molecule has 9 heteroatoms. The van der Waals surface area contributed by atoms with E-state index >= 15 is 0 Å². The number of furan rings is 1. The Hall–Kier alpha value is -5.31. The largest absolute Gasteiger partial charge is 0.461 e. The van der Waals surface area contributed by atoms with Gasteiger partial charge in [0.15, 0.2) is 11.5 Å². The summed E-state index contributed by atoms with van der Waals surface area (Å²) in [6.07, 6.45) is 5.14. The van der Waals surface area contributed by atoms with Crippen LogP contribution >= 0.6 is 0 Å². The number of ketones is 2. The number of nitro groups is 1. The Morgan fingerprint density at radius 3 is 2.55 bits per heavy atom. The van der Waals surface area contributed by atoms with Gasteiger partial charge in [-0.25, -0.2) is 0 Å². The summed E-state index contributed by atoms with van der Waals surface area (Å²) in [4.78, 5) is 56.0. The van der Waals surface area contributed by atoms with Gasteiger partial charge in [-0.3, -0.25) is 24.5 Å². The predicted octanol–water partition coefficient (Wildman–Crippen LogP) is 5.04. The molecule has 1 amide bonds. The molecule has 4 heterocycles. The number of fused-ring (bicyclic) bond motifs is 6. The number of non-ortho nitro benzene ring substituents is 1. The van der Waals surface area contributed by atoms with Crippen LogP contribution in [0.5, 0.6) is 0 Å². The van der Waals surface area contributed by atoms with E-state index in [1.807, 2.05) is 47.4 Å². The van der Waals surface area contributed by atoms with Crippen LogP contribution in [0.25, 0.3) is 6.08 Å². The number of para-hydroxylation sites is 2. The van der Waals surface area contributed by atoms with E-state index in [4.69, 9.17) is 4.42 Å². The van der Waals surface area contributed by atoms with E-state index in [1.165, 1.54) is 36.6 Å². The lowest BCUT2D eigenvalue weighted by Gasteiger charge is -2.37. The Morgan fingerprint density at radius 2 is 1.75 bits per heavy atom. The molecule has 40 heavy (non-hydrogen) atoms. The van der Waals surface area contributed by atoms with Crippen LogP contribution in [-0.4, -0.2) is 34.5 Å². The molecule has 7 rings (SSSR count). The molecular weight excluding hydrogens is 510 g/mol. The fourth-order valence-corrected chi connectivity index (χ4v) is 6.64. The van der Waals surface area contributed by atoms with Crippen LogP contribution < -0.4 is 10.2 Å². The molecule has 0 aliphatic carbocycles. The highest BCUT2D eigenvalue weighted by atomic mass is 16.6. The summed E-state index contributed by atoms with van der Waals surface area (Å²) in [5, 5.41) is 14.5. The summed E-state index contributed by atoms with van der Waals surface area (Å²) in [5.41, 5.74) is 1.04. The van der Waals surface area contributed by atoms with Crippen molar-refractivity contribution in [3.8, 4) is 0 Å². The smallest absolute Gasteiger partial charge is 0.270 e. The van der Waals surface area contributed by atoms with Crippen molar-refractivity contribution in [3.63, 3.8) is 0 Å². The number of hydrogen-bond donors (Lipinski definition) is 1. The van der Waals surface area contributed by atoms with Gasteiger partial charge in [-0.1, -0.05) is 60.7 Å². The fourth-order valence-electron chi connectivity index (χ4n) is 6.64. The predicted molar refractivity (Wildman–Crippen MR) is 146 cm³/mol. The number of hydrogen-bond acceptors (Lipinski definition) is 7. The zero-order valence-electron chi connectivity index (χ0n) is 20.9. The van der Waals surface area contributed by atoms with E-state index in [-0.39, 0.29) is 17.0 Å². The first kappa shape index (κ1) is 23.8. The Morgan fingerprint density at radius 1 is 0.950 bits per heavy atom. The molecule has 1 saturated heterocycles. The van der Waals surface area contributed by atoms with E-state index in [9.17, 15) is 24.5 Å². The molecule has 3 aromatic carbocycles. The number of carbonyl (C=O) groups is 3. The number of nitrogens with one attached hydrogen (secondary N) is 1. The molecule has 0 saturated carbocycles. The van der Waals surface area contributed by atoms with E-state index < -0.39 is 45.8 Å². The summed E-state index contributed by atoms with van der Waals surface area (Å²) in [7, 11) is 0. The number of Topliss-reactive ketones (excluding diaryl/α,β-unsaturated/α-hetero) is 2. The molecular formula is C31H21N3O6. The molecule has 1 N–H and O–H groups in total. The highest BCUT2D eigenvalue weighted by Crippen LogP contribution is 2.58. The molecule has 196 valence electrons. The second kappa shape index (κ2) is 8.60. The van der Waals surface area contributed by atoms with E-state index in [0.29, 0.717) is 16.9 Å². The highest BCUT2D eigenvalue weighted by Gasteiger charge is 2.70. The molecule has 4 aromatic rings. The zero-order chi connectivity index (χ0) is 27.6. The third-order valence-corrected chi connectivity index (χ3v) is 8.20. The van der Waals surface area contributed by atoms with Crippen LogP contribution in [0.4, 0.5) is 17.1 Å². The molecule has 0 radical (unpaired) electrons. The number of benzene rings is 3. The first-order valence-electron chi connectivity index (χ1n) is 12.8. The number of carbonyl (C=O) groups excluding carboxylic acids is 3. The first-order chi connectivity index (χ1) is 19.4. The van der Waals surface area contributed by atoms with E-state index in [2.05, 4.69) is 5.32 Å². The average molecular weight is 532 g/mol. The van der Waals surface area contributed by atoms with Crippen LogP contribution in [-0.2, 0) is 10.2 Å². The molecule has 0 bridgehead atoms. The van der Waals surface area contributed by atoms with Gasteiger partial charge in [-0.2, -0.15) is 0 Å². The van der Waals surface area contributed by atoms with Gasteiger partial charge in [0, 0.05) is 29.1 Å². The normalized spacial score (nSPS) is 23.9. The lowest BCUT2D eigenvalue weighted by Crippen LogP contribution is -2.51. The second-order valence-corrected chi connectivity index (χ2v) is 10.1. The Labute approximate surface area is 227 Å². The Balaban J connectivity index is 1.53. The third-order valence-electron chi connectivity index (χ3n) is 8.20. The van der Waals surface area contributed by atoms with Crippen molar-refractivity contribution in [1.29, 1.82) is 0 Å². The minimum atomic E-state index is -1.48. The molecule has 3 aliphatic heterocycles. The standard InChI is InChI=1S/C31H21N3O6/c35-28(19-8-5-9-20(17-19)34(38)39)27-26(29(36)24-13-6-16-40-24)31(21-10-2-3-11-22(21)32-30(31)37)25-15-14-18-7-1-4-12-23(18)33(25)27/h1-17,25-27H,(H,32,37)/t25-,26+,27-,31-/m1/s1. The maximum atomic E-state index is 14.5. The van der Waals surface area contributed by atoms with Crippen LogP contribution in [0.3, 0.4) is 0 Å². The topological polar surface area (TPSA) is 123 Å². The van der Waals surface area contributed by atoms with Gasteiger partial charge in [0.25, 0.3) is 5.69 Å². The van der Waals surface area contributed by atoms with Crippen molar-refractivity contribution < 1.29 is 23.7 Å². The SMILES string of the molecule is O=C(c1ccco1)[C@@H]1[C@H](C(=O)c2cccc([N+](=O)[O-])c2)N2c3ccccc3C=C[C@@H]2[C@@]12C(=O)Nc1ccccc12. The lowest BCUT2D eigenvalue weighted by molar-refractivity contribution is -0.384. The number of amides is 1. The second-order valence-electron chi connectivity index (χ2n) is 10.1. The quantitative estimate of drug-likeness (QED) is 0.217. The van der Waals surface area contributed by atoms with E-state index in [1.54, 1.807) is 24.3 Å². The highest BCUT2D eigenvalue weighted by molar-refractivity contribution is 6.18. The van der Waals surface area contributed by atoms with E-state index in [0.717, 1.165) is 5.56 Å². The number of anilines is 2. The summed E-state index contributed by atoms with van der Waals surface area (Å²) >= 11 is 0. The molecule has 0 unspecified atom stereocenters. The van der Waals surface area contributed by atoms with Gasteiger partial charge in [0.2, 0.25) is 11.7 Å². The maximum Gasteiger partial charge on any atom is 0.270 e. The Kier molecular flexibility index (Phi) is 5.11. The fraction of sp³-hybridized carbons (Fsp3) is 0.129. The van der Waals surface area contributed by atoms with Gasteiger partial charge in [-0.05, 0) is 35.4 Å². The lowest BCUT2D eigenvalue weighted by atomic mass is 9.64. The van der Waals surface area contributed by atoms with Crippen molar-refractivity contribution in [2.45, 2.75) is 17.5 Å². The minimum Gasteiger partial charge on any atom is -0.461 e. The van der Waals surface area contributed by atoms with Crippen LogP contribution in [0.1, 0.15) is 32.0 Å². The summed E-state index contributed by atoms with van der Waals surface area (Å²) in [6, 6.07) is 21.3. The van der Waals surface area contributed by atoms with Crippen molar-refractivity contribution in [1.82, 2.24) is 0 Å². The molecule has 1 fully saturated rings. The summed E-state index contributed by atoms with van der Waals surface area (Å²) in [5.74, 6) is -2.59. The van der Waals surface area contributed by atoms with Gasteiger partial charge in [0.05, 0.1) is 23.1 Å². The third kappa shape index (κ3) is 3.11. The van der Waals surface area contributed by atoms with Crippen molar-refractivity contribution in [3.05, 3.63) is 130 Å². The number of nitrogens with zero attached hydrogens (tertiary/aromatic N) is 2. The van der Waals surface area contributed by atoms with Crippen molar-refractivity contribution in [2.24, 2.45) is 5.92 Å². The molecule has 9 nitrogen and oxygen atoms in total. The van der Waals surface area contributed by atoms with Gasteiger partial charge >= 0.3 is 0 Å². The van der Waals surface area contributed by atoms with Gasteiger partial charge in [-0.15, -0.1) is 0 Å². The number of nitro benzene ring substituents is 1. The monoisotopic (exact) mass is 531 g/mol. The van der Waals surface area contributed by atoms with Gasteiger partial charge in [0.1, 0.15) is 11.5 Å². The van der Waals surface area contributed by atoms with Crippen LogP contribution in [0, 0.1) is 16.0 Å². The molecule has 1 aromatic heterocycles. The average Bonchev–Trinajstić information content (AvgIpc) is 3.69. The van der Waals surface area contributed by atoms with Crippen molar-refractivity contribution in [2.75, 3.05) is 10.2 Å². The molecule has 3 aliphatic rings.